The first kappa shape index (κ1) is 12.2. The van der Waals surface area contributed by atoms with E-state index in [1.807, 2.05) is 25.1 Å². The predicted octanol–water partition coefficient (Wildman–Crippen LogP) is 3.41. The molecule has 4 heteroatoms. The van der Waals surface area contributed by atoms with Crippen molar-refractivity contribution >= 4 is 5.69 Å². The minimum atomic E-state index is 0.552. The van der Waals surface area contributed by atoms with E-state index in [-0.39, 0.29) is 0 Å². The summed E-state index contributed by atoms with van der Waals surface area (Å²) < 4.78 is 0. The molecule has 1 saturated carbocycles. The highest BCUT2D eigenvalue weighted by atomic mass is 15.2. The fraction of sp³-hybridized carbons (Fsp3) is 0.467. The summed E-state index contributed by atoms with van der Waals surface area (Å²) in [6.07, 6.45) is 6.41. The van der Waals surface area contributed by atoms with E-state index < -0.39 is 0 Å². The zero-order valence-corrected chi connectivity index (χ0v) is 11.3. The Morgan fingerprint density at radius 2 is 2.00 bits per heavy atom. The number of benzene rings is 1. The van der Waals surface area contributed by atoms with Gasteiger partial charge in [0.05, 0.1) is 0 Å². The molecule has 1 aromatic heterocycles. The van der Waals surface area contributed by atoms with Crippen molar-refractivity contribution in [2.45, 2.75) is 44.9 Å². The highest BCUT2D eigenvalue weighted by Crippen LogP contribution is 2.32. The molecule has 1 aromatic carbocycles. The van der Waals surface area contributed by atoms with Crippen molar-refractivity contribution in [1.82, 2.24) is 15.2 Å². The number of nitrogens with one attached hydrogen (secondary N) is 1. The van der Waals surface area contributed by atoms with Crippen LogP contribution in [0, 0.1) is 6.92 Å². The van der Waals surface area contributed by atoms with Crippen LogP contribution in [-0.4, -0.2) is 15.2 Å². The molecule has 0 unspecified atom stereocenters. The Morgan fingerprint density at radius 3 is 2.79 bits per heavy atom. The van der Waals surface area contributed by atoms with Gasteiger partial charge in [-0.3, -0.25) is 5.10 Å². The molecule has 4 nitrogen and oxygen atoms in total. The second-order valence-corrected chi connectivity index (χ2v) is 5.40. The number of nitrogen functional groups attached to an aromatic ring is 1. The summed E-state index contributed by atoms with van der Waals surface area (Å²) in [5.74, 6) is 2.36. The normalized spacial score (nSPS) is 16.7. The van der Waals surface area contributed by atoms with E-state index in [1.54, 1.807) is 0 Å². The molecule has 0 bridgehead atoms. The third-order valence-corrected chi connectivity index (χ3v) is 4.11. The molecule has 19 heavy (non-hydrogen) atoms. The Bertz CT molecular complexity index is 567. The van der Waals surface area contributed by atoms with E-state index in [4.69, 9.17) is 5.73 Å². The van der Waals surface area contributed by atoms with E-state index in [1.165, 1.54) is 32.1 Å². The molecule has 2 aromatic rings. The lowest BCUT2D eigenvalue weighted by Gasteiger charge is -2.18. The zero-order chi connectivity index (χ0) is 13.2. The number of hydrogen-bond acceptors (Lipinski definition) is 3. The van der Waals surface area contributed by atoms with Crippen molar-refractivity contribution in [3.8, 4) is 11.4 Å². The summed E-state index contributed by atoms with van der Waals surface area (Å²) in [4.78, 5) is 4.68. The van der Waals surface area contributed by atoms with Crippen molar-refractivity contribution < 1.29 is 0 Å². The number of H-pyrrole nitrogens is 1. The van der Waals surface area contributed by atoms with Gasteiger partial charge in [-0.05, 0) is 31.4 Å². The molecule has 0 radical (unpaired) electrons. The van der Waals surface area contributed by atoms with Crippen molar-refractivity contribution in [3.05, 3.63) is 29.6 Å². The summed E-state index contributed by atoms with van der Waals surface area (Å²) in [6, 6.07) is 5.89. The van der Waals surface area contributed by atoms with Gasteiger partial charge < -0.3 is 5.73 Å². The van der Waals surface area contributed by atoms with Crippen LogP contribution in [0.1, 0.15) is 49.4 Å². The molecule has 3 N–H and O–H groups in total. The Hall–Kier alpha value is -1.84. The van der Waals surface area contributed by atoms with Gasteiger partial charge in [-0.25, -0.2) is 4.98 Å². The minimum absolute atomic E-state index is 0.552. The monoisotopic (exact) mass is 256 g/mol. The van der Waals surface area contributed by atoms with Crippen LogP contribution in [0.5, 0.6) is 0 Å². The molecule has 100 valence electrons. The van der Waals surface area contributed by atoms with Gasteiger partial charge in [-0.15, -0.1) is 0 Å². The van der Waals surface area contributed by atoms with Crippen molar-refractivity contribution in [2.24, 2.45) is 0 Å². The van der Waals surface area contributed by atoms with Crippen LogP contribution in [0.2, 0.25) is 0 Å². The lowest BCUT2D eigenvalue weighted by molar-refractivity contribution is 0.429. The van der Waals surface area contributed by atoms with E-state index >= 15 is 0 Å². The van der Waals surface area contributed by atoms with Crippen molar-refractivity contribution in [3.63, 3.8) is 0 Å². The maximum Gasteiger partial charge on any atom is 0.181 e. The highest BCUT2D eigenvalue weighted by Gasteiger charge is 2.20. The quantitative estimate of drug-likeness (QED) is 0.809. The topological polar surface area (TPSA) is 67.6 Å². The van der Waals surface area contributed by atoms with Crippen LogP contribution in [0.15, 0.2) is 18.2 Å². The number of hydrogen-bond donors (Lipinski definition) is 2. The molecule has 1 aliphatic rings. The Kier molecular flexibility index (Phi) is 3.23. The number of anilines is 1. The molecule has 0 spiro atoms. The van der Waals surface area contributed by atoms with Gasteiger partial charge in [-0.1, -0.05) is 31.4 Å². The van der Waals surface area contributed by atoms with Gasteiger partial charge in [0.1, 0.15) is 5.82 Å². The highest BCUT2D eigenvalue weighted by molar-refractivity contribution is 5.67. The predicted molar refractivity (Wildman–Crippen MR) is 76.8 cm³/mol. The number of rotatable bonds is 2. The van der Waals surface area contributed by atoms with Crippen LogP contribution < -0.4 is 5.73 Å². The first-order valence-corrected chi connectivity index (χ1v) is 7.03. The summed E-state index contributed by atoms with van der Waals surface area (Å²) in [5.41, 5.74) is 8.81. The van der Waals surface area contributed by atoms with Crippen LogP contribution in [0.4, 0.5) is 5.69 Å². The van der Waals surface area contributed by atoms with Crippen molar-refractivity contribution in [1.29, 1.82) is 0 Å². The number of nitrogens with zero attached hydrogens (tertiary/aromatic N) is 2. The first-order chi connectivity index (χ1) is 9.25. The van der Waals surface area contributed by atoms with Crippen LogP contribution in [-0.2, 0) is 0 Å². The number of aromatic amines is 1. The van der Waals surface area contributed by atoms with E-state index in [0.717, 1.165) is 28.5 Å². The van der Waals surface area contributed by atoms with E-state index in [9.17, 15) is 0 Å². The van der Waals surface area contributed by atoms with Crippen LogP contribution in [0.3, 0.4) is 0 Å². The fourth-order valence-corrected chi connectivity index (χ4v) is 2.85. The molecule has 1 fully saturated rings. The summed E-state index contributed by atoms with van der Waals surface area (Å²) >= 11 is 0. The standard InChI is InChI=1S/C15H20N4/c1-10-12(8-5-9-13(10)16)15-17-14(18-19-15)11-6-3-2-4-7-11/h5,8-9,11H,2-4,6-7,16H2,1H3,(H,17,18,19). The molecule has 0 atom stereocenters. The lowest BCUT2D eigenvalue weighted by atomic mass is 9.89. The van der Waals surface area contributed by atoms with Gasteiger partial charge in [0.2, 0.25) is 0 Å². The third kappa shape index (κ3) is 2.35. The fourth-order valence-electron chi connectivity index (χ4n) is 2.85. The Labute approximate surface area is 113 Å². The Morgan fingerprint density at radius 1 is 1.21 bits per heavy atom. The zero-order valence-electron chi connectivity index (χ0n) is 11.3. The summed E-state index contributed by atoms with van der Waals surface area (Å²) in [6.45, 7) is 2.02. The van der Waals surface area contributed by atoms with Crippen LogP contribution >= 0.6 is 0 Å². The number of nitrogens with two attached hydrogens (primary N) is 1. The third-order valence-electron chi connectivity index (χ3n) is 4.11. The first-order valence-electron chi connectivity index (χ1n) is 7.03. The Balaban J connectivity index is 1.90. The second-order valence-electron chi connectivity index (χ2n) is 5.40. The molecule has 1 aliphatic carbocycles. The molecule has 3 rings (SSSR count). The summed E-state index contributed by atoms with van der Waals surface area (Å²) in [7, 11) is 0. The second kappa shape index (κ2) is 5.03. The van der Waals surface area contributed by atoms with Gasteiger partial charge in [0.15, 0.2) is 5.82 Å². The molecule has 1 heterocycles. The lowest BCUT2D eigenvalue weighted by Crippen LogP contribution is -2.06. The molecule has 0 amide bonds. The van der Waals surface area contributed by atoms with E-state index in [0.29, 0.717) is 5.92 Å². The van der Waals surface area contributed by atoms with Gasteiger partial charge in [0, 0.05) is 17.2 Å². The van der Waals surface area contributed by atoms with Gasteiger partial charge >= 0.3 is 0 Å². The average molecular weight is 256 g/mol. The largest absolute Gasteiger partial charge is 0.398 e. The van der Waals surface area contributed by atoms with Gasteiger partial charge in [0.25, 0.3) is 0 Å². The van der Waals surface area contributed by atoms with Crippen LogP contribution in [0.25, 0.3) is 11.4 Å². The minimum Gasteiger partial charge on any atom is -0.398 e. The molecule has 0 saturated heterocycles. The molecular weight excluding hydrogens is 236 g/mol. The maximum absolute atomic E-state index is 5.94. The SMILES string of the molecule is Cc1c(N)cccc1-c1n[nH]c(C2CCCCC2)n1. The number of aromatic nitrogens is 3. The molecular formula is C15H20N4. The van der Waals surface area contributed by atoms with Gasteiger partial charge in [-0.2, -0.15) is 5.10 Å². The van der Waals surface area contributed by atoms with E-state index in [2.05, 4.69) is 15.2 Å². The van der Waals surface area contributed by atoms with Crippen molar-refractivity contribution in [2.75, 3.05) is 5.73 Å². The summed E-state index contributed by atoms with van der Waals surface area (Å²) in [5, 5.41) is 7.49. The average Bonchev–Trinajstić information content (AvgIpc) is 2.92. The molecule has 0 aliphatic heterocycles. The smallest absolute Gasteiger partial charge is 0.181 e. The maximum atomic E-state index is 5.94.